The Balaban J connectivity index is 2.33. The topological polar surface area (TPSA) is 91.5 Å². The van der Waals surface area contributed by atoms with Crippen LogP contribution in [0.1, 0.15) is 85.0 Å². The minimum absolute atomic E-state index is 0.0166. The second kappa shape index (κ2) is 9.26. The van der Waals surface area contributed by atoms with Crippen LogP contribution in [0.5, 0.6) is 0 Å². The molecule has 1 saturated carbocycles. The van der Waals surface area contributed by atoms with Gasteiger partial charge in [-0.05, 0) is 53.0 Å². The Labute approximate surface area is 167 Å². The Morgan fingerprint density at radius 2 is 1.68 bits per heavy atom. The molecule has 7 heteroatoms. The van der Waals surface area contributed by atoms with Crippen LogP contribution < -0.4 is 5.32 Å². The SMILES string of the molecule is CCOC(=O)c1c(C)[nH]c(C(=O)NC2(C(=O)N(CC)CC)CCCCC2)c1C. The Morgan fingerprint density at radius 1 is 1.07 bits per heavy atom. The van der Waals surface area contributed by atoms with E-state index in [2.05, 4.69) is 10.3 Å². The molecule has 1 aromatic rings. The summed E-state index contributed by atoms with van der Waals surface area (Å²) in [5.74, 6) is -0.810. The number of likely N-dealkylation sites (N-methyl/N-ethyl adjacent to an activating group) is 1. The number of amides is 2. The van der Waals surface area contributed by atoms with E-state index in [9.17, 15) is 14.4 Å². The third-order valence-corrected chi connectivity index (χ3v) is 5.66. The molecule has 2 rings (SSSR count). The second-order valence-electron chi connectivity index (χ2n) is 7.42. The quantitative estimate of drug-likeness (QED) is 0.699. The molecule has 2 amide bonds. The van der Waals surface area contributed by atoms with Gasteiger partial charge in [-0.2, -0.15) is 0 Å². The molecule has 1 fully saturated rings. The van der Waals surface area contributed by atoms with Gasteiger partial charge in [0, 0.05) is 18.8 Å². The van der Waals surface area contributed by atoms with E-state index >= 15 is 0 Å². The molecule has 0 bridgehead atoms. The van der Waals surface area contributed by atoms with Gasteiger partial charge in [0.15, 0.2) is 0 Å². The van der Waals surface area contributed by atoms with E-state index in [4.69, 9.17) is 4.74 Å². The summed E-state index contributed by atoms with van der Waals surface area (Å²) < 4.78 is 5.10. The number of nitrogens with zero attached hydrogens (tertiary/aromatic N) is 1. The maximum Gasteiger partial charge on any atom is 0.340 e. The lowest BCUT2D eigenvalue weighted by Gasteiger charge is -2.40. The van der Waals surface area contributed by atoms with Crippen molar-refractivity contribution in [2.75, 3.05) is 19.7 Å². The molecular formula is C21H33N3O4. The number of ether oxygens (including phenoxy) is 1. The standard InChI is InChI=1S/C21H33N3O4/c1-6-24(7-2)20(27)21(12-10-9-11-13-21)23-18(25)17-14(4)16(15(5)22-17)19(26)28-8-3/h22H,6-13H2,1-5H3,(H,23,25). The highest BCUT2D eigenvalue weighted by Crippen LogP contribution is 2.31. The largest absolute Gasteiger partial charge is 0.462 e. The molecular weight excluding hydrogens is 358 g/mol. The van der Waals surface area contributed by atoms with Crippen molar-refractivity contribution in [3.63, 3.8) is 0 Å². The van der Waals surface area contributed by atoms with Gasteiger partial charge in [0.05, 0.1) is 12.2 Å². The highest BCUT2D eigenvalue weighted by atomic mass is 16.5. The van der Waals surface area contributed by atoms with Gasteiger partial charge < -0.3 is 19.9 Å². The van der Waals surface area contributed by atoms with Gasteiger partial charge in [-0.25, -0.2) is 4.79 Å². The number of rotatable bonds is 7. The van der Waals surface area contributed by atoms with E-state index in [1.54, 1.807) is 25.7 Å². The Hall–Kier alpha value is -2.31. The van der Waals surface area contributed by atoms with Gasteiger partial charge in [0.25, 0.3) is 5.91 Å². The maximum absolute atomic E-state index is 13.2. The third kappa shape index (κ3) is 4.23. The minimum Gasteiger partial charge on any atom is -0.462 e. The Morgan fingerprint density at radius 3 is 2.21 bits per heavy atom. The van der Waals surface area contributed by atoms with E-state index in [1.807, 2.05) is 13.8 Å². The normalized spacial score (nSPS) is 15.8. The number of aromatic nitrogens is 1. The molecule has 0 unspecified atom stereocenters. The van der Waals surface area contributed by atoms with Crippen molar-refractivity contribution in [3.05, 3.63) is 22.5 Å². The van der Waals surface area contributed by atoms with E-state index in [0.717, 1.165) is 19.3 Å². The number of hydrogen-bond acceptors (Lipinski definition) is 4. The van der Waals surface area contributed by atoms with Crippen molar-refractivity contribution in [2.24, 2.45) is 0 Å². The van der Waals surface area contributed by atoms with Crippen LogP contribution >= 0.6 is 0 Å². The molecule has 0 aromatic carbocycles. The molecule has 0 radical (unpaired) electrons. The van der Waals surface area contributed by atoms with Crippen LogP contribution in [-0.4, -0.2) is 52.9 Å². The predicted molar refractivity (Wildman–Crippen MR) is 107 cm³/mol. The molecule has 156 valence electrons. The van der Waals surface area contributed by atoms with Gasteiger partial charge in [0.2, 0.25) is 5.91 Å². The van der Waals surface area contributed by atoms with Gasteiger partial charge >= 0.3 is 5.97 Å². The molecule has 0 aliphatic heterocycles. The molecule has 0 spiro atoms. The van der Waals surface area contributed by atoms with Crippen molar-refractivity contribution in [3.8, 4) is 0 Å². The van der Waals surface area contributed by atoms with Gasteiger partial charge in [-0.3, -0.25) is 9.59 Å². The number of hydrogen-bond donors (Lipinski definition) is 2. The first-order chi connectivity index (χ1) is 13.3. The fourth-order valence-electron chi connectivity index (χ4n) is 4.13. The molecule has 0 saturated heterocycles. The van der Waals surface area contributed by atoms with Gasteiger partial charge in [-0.1, -0.05) is 19.3 Å². The van der Waals surface area contributed by atoms with Crippen LogP contribution in [0.2, 0.25) is 0 Å². The first kappa shape index (κ1) is 22.0. The van der Waals surface area contributed by atoms with Crippen LogP contribution in [0.3, 0.4) is 0 Å². The number of aromatic amines is 1. The number of H-pyrrole nitrogens is 1. The van der Waals surface area contributed by atoms with Crippen LogP contribution in [0, 0.1) is 13.8 Å². The lowest BCUT2D eigenvalue weighted by atomic mass is 9.80. The number of carbonyl (C=O) groups is 3. The summed E-state index contributed by atoms with van der Waals surface area (Å²) in [4.78, 5) is 43.4. The summed E-state index contributed by atoms with van der Waals surface area (Å²) in [6.45, 7) is 10.6. The molecule has 1 aliphatic rings. The highest BCUT2D eigenvalue weighted by molar-refractivity contribution is 6.02. The van der Waals surface area contributed by atoms with Crippen molar-refractivity contribution in [1.29, 1.82) is 0 Å². The Kier molecular flexibility index (Phi) is 7.27. The molecule has 28 heavy (non-hydrogen) atoms. The zero-order chi connectivity index (χ0) is 20.9. The number of nitrogens with one attached hydrogen (secondary N) is 2. The zero-order valence-corrected chi connectivity index (χ0v) is 17.7. The zero-order valence-electron chi connectivity index (χ0n) is 17.7. The fraction of sp³-hybridized carbons (Fsp3) is 0.667. The number of carbonyl (C=O) groups excluding carboxylic acids is 3. The molecule has 7 nitrogen and oxygen atoms in total. The molecule has 0 atom stereocenters. The monoisotopic (exact) mass is 391 g/mol. The number of aryl methyl sites for hydroxylation is 1. The van der Waals surface area contributed by atoms with E-state index in [0.29, 0.717) is 48.4 Å². The Bertz CT molecular complexity index is 728. The van der Waals surface area contributed by atoms with E-state index in [-0.39, 0.29) is 18.4 Å². The van der Waals surface area contributed by atoms with Gasteiger partial charge in [0.1, 0.15) is 11.2 Å². The lowest BCUT2D eigenvalue weighted by Crippen LogP contribution is -2.60. The smallest absolute Gasteiger partial charge is 0.340 e. The van der Waals surface area contributed by atoms with Crippen molar-refractivity contribution >= 4 is 17.8 Å². The van der Waals surface area contributed by atoms with Crippen molar-refractivity contribution in [1.82, 2.24) is 15.2 Å². The predicted octanol–water partition coefficient (Wildman–Crippen LogP) is 3.11. The first-order valence-electron chi connectivity index (χ1n) is 10.3. The summed E-state index contributed by atoms with van der Waals surface area (Å²) >= 11 is 0. The number of esters is 1. The maximum atomic E-state index is 13.2. The summed E-state index contributed by atoms with van der Waals surface area (Å²) in [5.41, 5.74) is 0.970. The van der Waals surface area contributed by atoms with Crippen LogP contribution in [0.4, 0.5) is 0 Å². The third-order valence-electron chi connectivity index (χ3n) is 5.66. The lowest BCUT2D eigenvalue weighted by molar-refractivity contribution is -0.139. The van der Waals surface area contributed by atoms with Crippen LogP contribution in [0.15, 0.2) is 0 Å². The molecule has 1 aromatic heterocycles. The molecule has 2 N–H and O–H groups in total. The summed E-state index contributed by atoms with van der Waals surface area (Å²) in [6.07, 6.45) is 4.15. The molecule has 1 heterocycles. The highest BCUT2D eigenvalue weighted by Gasteiger charge is 2.43. The average molecular weight is 392 g/mol. The average Bonchev–Trinajstić information content (AvgIpc) is 2.98. The minimum atomic E-state index is -0.878. The molecule has 1 aliphatic carbocycles. The summed E-state index contributed by atoms with van der Waals surface area (Å²) in [5, 5.41) is 3.04. The van der Waals surface area contributed by atoms with E-state index < -0.39 is 11.5 Å². The van der Waals surface area contributed by atoms with Crippen LogP contribution in [0.25, 0.3) is 0 Å². The first-order valence-corrected chi connectivity index (χ1v) is 10.3. The van der Waals surface area contributed by atoms with Gasteiger partial charge in [-0.15, -0.1) is 0 Å². The summed E-state index contributed by atoms with van der Waals surface area (Å²) in [6, 6.07) is 0. The second-order valence-corrected chi connectivity index (χ2v) is 7.42. The van der Waals surface area contributed by atoms with Crippen LogP contribution in [-0.2, 0) is 9.53 Å². The fourth-order valence-corrected chi connectivity index (χ4v) is 4.13. The summed E-state index contributed by atoms with van der Waals surface area (Å²) in [7, 11) is 0. The van der Waals surface area contributed by atoms with E-state index in [1.165, 1.54) is 0 Å². The van der Waals surface area contributed by atoms with Crippen molar-refractivity contribution in [2.45, 2.75) is 72.3 Å². The van der Waals surface area contributed by atoms with Crippen molar-refractivity contribution < 1.29 is 19.1 Å².